The van der Waals surface area contributed by atoms with E-state index in [1.807, 2.05) is 0 Å². The van der Waals surface area contributed by atoms with Crippen LogP contribution >= 0.6 is 0 Å². The Kier molecular flexibility index (Phi) is 1.66. The van der Waals surface area contributed by atoms with Crippen molar-refractivity contribution in [2.45, 2.75) is 0 Å². The summed E-state index contributed by atoms with van der Waals surface area (Å²) in [6.07, 6.45) is 3.98. The van der Waals surface area contributed by atoms with Gasteiger partial charge in [0.15, 0.2) is 0 Å². The Balaban J connectivity index is 2.46. The van der Waals surface area contributed by atoms with Gasteiger partial charge in [-0.2, -0.15) is 0 Å². The lowest BCUT2D eigenvalue weighted by Crippen LogP contribution is -1.97. The van der Waals surface area contributed by atoms with Gasteiger partial charge in [0.05, 0.1) is 18.1 Å². The standard InChI is InChI=1S/C7H6FN5/c8-5-1-6(3-10-2-5)13-4-11-7(9)12-13/h1-4H,(H2,9,12). The molecule has 5 nitrogen and oxygen atoms in total. The number of anilines is 1. The van der Waals surface area contributed by atoms with Crippen molar-refractivity contribution in [2.24, 2.45) is 0 Å². The number of hydrogen-bond acceptors (Lipinski definition) is 4. The fourth-order valence-electron chi connectivity index (χ4n) is 0.926. The molecule has 2 heterocycles. The van der Waals surface area contributed by atoms with E-state index in [1.54, 1.807) is 0 Å². The number of rotatable bonds is 1. The van der Waals surface area contributed by atoms with Gasteiger partial charge in [0.2, 0.25) is 5.95 Å². The fourth-order valence-corrected chi connectivity index (χ4v) is 0.926. The van der Waals surface area contributed by atoms with Gasteiger partial charge in [-0.1, -0.05) is 0 Å². The average molecular weight is 179 g/mol. The predicted molar refractivity (Wildman–Crippen MR) is 43.5 cm³/mol. The maximum Gasteiger partial charge on any atom is 0.239 e. The minimum Gasteiger partial charge on any atom is -0.366 e. The maximum absolute atomic E-state index is 12.7. The highest BCUT2D eigenvalue weighted by Gasteiger charge is 2.00. The zero-order valence-electron chi connectivity index (χ0n) is 6.55. The van der Waals surface area contributed by atoms with E-state index < -0.39 is 5.82 Å². The van der Waals surface area contributed by atoms with E-state index >= 15 is 0 Å². The molecule has 13 heavy (non-hydrogen) atoms. The van der Waals surface area contributed by atoms with Crippen LogP contribution in [0.3, 0.4) is 0 Å². The summed E-state index contributed by atoms with van der Waals surface area (Å²) in [4.78, 5) is 7.37. The second-order valence-electron chi connectivity index (χ2n) is 2.41. The third-order valence-electron chi connectivity index (χ3n) is 1.46. The molecular weight excluding hydrogens is 173 g/mol. The van der Waals surface area contributed by atoms with Crippen molar-refractivity contribution < 1.29 is 4.39 Å². The average Bonchev–Trinajstić information content (AvgIpc) is 2.52. The van der Waals surface area contributed by atoms with Crippen molar-refractivity contribution in [2.75, 3.05) is 5.73 Å². The molecule has 0 saturated carbocycles. The van der Waals surface area contributed by atoms with E-state index in [1.165, 1.54) is 23.3 Å². The number of nitrogen functional groups attached to an aromatic ring is 1. The van der Waals surface area contributed by atoms with E-state index in [0.29, 0.717) is 5.69 Å². The first kappa shape index (κ1) is 7.66. The number of halogens is 1. The Labute approximate surface area is 73.0 Å². The summed E-state index contributed by atoms with van der Waals surface area (Å²) in [5.41, 5.74) is 5.79. The smallest absolute Gasteiger partial charge is 0.239 e. The van der Waals surface area contributed by atoms with Gasteiger partial charge >= 0.3 is 0 Å². The van der Waals surface area contributed by atoms with Gasteiger partial charge in [-0.3, -0.25) is 4.98 Å². The van der Waals surface area contributed by atoms with Gasteiger partial charge in [0, 0.05) is 6.07 Å². The van der Waals surface area contributed by atoms with Crippen molar-refractivity contribution in [1.29, 1.82) is 0 Å². The summed E-state index contributed by atoms with van der Waals surface area (Å²) in [5.74, 6) is -0.282. The normalized spacial score (nSPS) is 10.2. The molecule has 2 aromatic heterocycles. The molecular formula is C7H6FN5. The topological polar surface area (TPSA) is 69.6 Å². The lowest BCUT2D eigenvalue weighted by atomic mass is 10.4. The van der Waals surface area contributed by atoms with Crippen LogP contribution < -0.4 is 5.73 Å². The molecule has 0 aliphatic rings. The minimum absolute atomic E-state index is 0.143. The zero-order valence-corrected chi connectivity index (χ0v) is 6.55. The molecule has 2 aromatic rings. The van der Waals surface area contributed by atoms with Crippen molar-refractivity contribution in [3.8, 4) is 5.69 Å². The highest BCUT2D eigenvalue weighted by Crippen LogP contribution is 2.06. The molecule has 0 radical (unpaired) electrons. The van der Waals surface area contributed by atoms with Crippen molar-refractivity contribution >= 4 is 5.95 Å². The number of aromatic nitrogens is 4. The second kappa shape index (κ2) is 2.81. The van der Waals surface area contributed by atoms with Gasteiger partial charge in [-0.05, 0) is 0 Å². The molecule has 0 unspecified atom stereocenters. The molecule has 0 aliphatic carbocycles. The molecule has 66 valence electrons. The number of pyridine rings is 1. The Hall–Kier alpha value is -1.98. The van der Waals surface area contributed by atoms with Crippen molar-refractivity contribution in [3.05, 3.63) is 30.6 Å². The Morgan fingerprint density at radius 3 is 2.85 bits per heavy atom. The van der Waals surface area contributed by atoms with Crippen LogP contribution in [0.1, 0.15) is 0 Å². The fraction of sp³-hybridized carbons (Fsp3) is 0. The molecule has 0 spiro atoms. The highest BCUT2D eigenvalue weighted by molar-refractivity contribution is 5.28. The van der Waals surface area contributed by atoms with E-state index in [2.05, 4.69) is 15.1 Å². The third-order valence-corrected chi connectivity index (χ3v) is 1.46. The Morgan fingerprint density at radius 1 is 1.38 bits per heavy atom. The van der Waals surface area contributed by atoms with Crippen LogP contribution in [0.5, 0.6) is 0 Å². The van der Waals surface area contributed by atoms with Gasteiger partial charge in [0.1, 0.15) is 12.1 Å². The molecule has 0 saturated heterocycles. The summed E-state index contributed by atoms with van der Waals surface area (Å²) < 4.78 is 14.1. The number of hydrogen-bond donors (Lipinski definition) is 1. The molecule has 0 bridgehead atoms. The van der Waals surface area contributed by atoms with E-state index in [9.17, 15) is 4.39 Å². The van der Waals surface area contributed by atoms with Crippen LogP contribution in [0.2, 0.25) is 0 Å². The third kappa shape index (κ3) is 1.46. The van der Waals surface area contributed by atoms with Gasteiger partial charge in [-0.15, -0.1) is 5.10 Å². The SMILES string of the molecule is Nc1ncn(-c2cncc(F)c2)n1. The van der Waals surface area contributed by atoms with Crippen LogP contribution in [-0.4, -0.2) is 19.7 Å². The molecule has 0 atom stereocenters. The van der Waals surface area contributed by atoms with Gasteiger partial charge in [-0.25, -0.2) is 14.1 Å². The van der Waals surface area contributed by atoms with Crippen LogP contribution in [0, 0.1) is 5.82 Å². The van der Waals surface area contributed by atoms with Gasteiger partial charge in [0.25, 0.3) is 0 Å². The molecule has 2 rings (SSSR count). The van der Waals surface area contributed by atoms with E-state index in [-0.39, 0.29) is 5.95 Å². The first-order chi connectivity index (χ1) is 6.25. The summed E-state index contributed by atoms with van der Waals surface area (Å²) in [7, 11) is 0. The molecule has 2 N–H and O–H groups in total. The molecule has 0 aromatic carbocycles. The maximum atomic E-state index is 12.7. The monoisotopic (exact) mass is 179 g/mol. The molecule has 6 heteroatoms. The van der Waals surface area contributed by atoms with E-state index in [0.717, 1.165) is 6.20 Å². The largest absolute Gasteiger partial charge is 0.366 e. The molecule has 0 fully saturated rings. The van der Waals surface area contributed by atoms with Crippen molar-refractivity contribution in [1.82, 2.24) is 19.7 Å². The van der Waals surface area contributed by atoms with Gasteiger partial charge < -0.3 is 5.73 Å². The van der Waals surface area contributed by atoms with Crippen LogP contribution in [-0.2, 0) is 0 Å². The lowest BCUT2D eigenvalue weighted by Gasteiger charge is -1.97. The quantitative estimate of drug-likeness (QED) is 0.687. The lowest BCUT2D eigenvalue weighted by molar-refractivity contribution is 0.618. The van der Waals surface area contributed by atoms with E-state index in [4.69, 9.17) is 5.73 Å². The van der Waals surface area contributed by atoms with Crippen LogP contribution in [0.4, 0.5) is 10.3 Å². The number of nitrogens with two attached hydrogens (primary N) is 1. The highest BCUT2D eigenvalue weighted by atomic mass is 19.1. The summed E-state index contributed by atoms with van der Waals surface area (Å²) in [6.45, 7) is 0. The molecule has 0 aliphatic heterocycles. The summed E-state index contributed by atoms with van der Waals surface area (Å²) in [5, 5.41) is 3.80. The Bertz CT molecular complexity index is 424. The number of nitrogens with zero attached hydrogens (tertiary/aromatic N) is 4. The summed E-state index contributed by atoms with van der Waals surface area (Å²) >= 11 is 0. The second-order valence-corrected chi connectivity index (χ2v) is 2.41. The predicted octanol–water partition coefficient (Wildman–Crippen LogP) is 0.384. The van der Waals surface area contributed by atoms with Crippen molar-refractivity contribution in [3.63, 3.8) is 0 Å². The van der Waals surface area contributed by atoms with Crippen LogP contribution in [0.25, 0.3) is 5.69 Å². The first-order valence-electron chi connectivity index (χ1n) is 3.54. The van der Waals surface area contributed by atoms with Crippen LogP contribution in [0.15, 0.2) is 24.8 Å². The zero-order chi connectivity index (χ0) is 9.26. The Morgan fingerprint density at radius 2 is 2.23 bits per heavy atom. The summed E-state index contributed by atoms with van der Waals surface area (Å²) in [6, 6.07) is 1.29. The first-order valence-corrected chi connectivity index (χ1v) is 3.54. The minimum atomic E-state index is -0.424. The molecule has 0 amide bonds.